The highest BCUT2D eigenvalue weighted by atomic mass is 35.5. The van der Waals surface area contributed by atoms with Crippen molar-refractivity contribution in [2.45, 2.75) is 38.8 Å². The molecular formula is C11H20ClN3O. The van der Waals surface area contributed by atoms with Crippen LogP contribution in [0.2, 0.25) is 5.02 Å². The van der Waals surface area contributed by atoms with Crippen LogP contribution >= 0.6 is 11.6 Å². The molecule has 0 aliphatic carbocycles. The van der Waals surface area contributed by atoms with Crippen molar-refractivity contribution in [1.29, 1.82) is 0 Å². The van der Waals surface area contributed by atoms with Crippen LogP contribution in [-0.2, 0) is 18.2 Å². The van der Waals surface area contributed by atoms with Crippen LogP contribution in [0.5, 0.6) is 0 Å². The van der Waals surface area contributed by atoms with E-state index in [-0.39, 0.29) is 12.1 Å². The molecule has 1 rings (SSSR count). The van der Waals surface area contributed by atoms with E-state index < -0.39 is 0 Å². The molecule has 1 aromatic rings. The minimum Gasteiger partial charge on any atom is -0.380 e. The molecule has 0 fully saturated rings. The van der Waals surface area contributed by atoms with Crippen LogP contribution < -0.4 is 5.73 Å². The summed E-state index contributed by atoms with van der Waals surface area (Å²) >= 11 is 6.17. The molecule has 0 spiro atoms. The summed E-state index contributed by atoms with van der Waals surface area (Å²) in [7, 11) is 3.57. The first-order chi connectivity index (χ1) is 7.51. The lowest BCUT2D eigenvalue weighted by Gasteiger charge is -2.21. The largest absolute Gasteiger partial charge is 0.380 e. The van der Waals surface area contributed by atoms with Gasteiger partial charge >= 0.3 is 0 Å². The number of nitrogens with two attached hydrogens (primary N) is 1. The third-order valence-electron chi connectivity index (χ3n) is 2.87. The molecule has 0 aromatic carbocycles. The van der Waals surface area contributed by atoms with E-state index >= 15 is 0 Å². The van der Waals surface area contributed by atoms with Crippen LogP contribution in [-0.4, -0.2) is 29.0 Å². The fourth-order valence-corrected chi connectivity index (χ4v) is 2.14. The van der Waals surface area contributed by atoms with Gasteiger partial charge in [0.1, 0.15) is 0 Å². The second-order valence-corrected chi connectivity index (χ2v) is 4.40. The monoisotopic (exact) mass is 245 g/mol. The summed E-state index contributed by atoms with van der Waals surface area (Å²) in [6.45, 7) is 3.95. The lowest BCUT2D eigenvalue weighted by Crippen LogP contribution is -2.38. The molecule has 0 aliphatic heterocycles. The maximum Gasteiger partial charge on any atom is 0.0847 e. The normalized spacial score (nSPS) is 15.1. The Labute approximate surface area is 102 Å². The predicted octanol–water partition coefficient (Wildman–Crippen LogP) is 1.68. The SMILES string of the molecule is CCC(OC)C(N)Cc1c(Cl)c(C)nn1C. The van der Waals surface area contributed by atoms with Crippen molar-refractivity contribution in [2.75, 3.05) is 7.11 Å². The number of aromatic nitrogens is 2. The Hall–Kier alpha value is -0.580. The van der Waals surface area contributed by atoms with Gasteiger partial charge in [0.15, 0.2) is 0 Å². The first-order valence-corrected chi connectivity index (χ1v) is 5.85. The highest BCUT2D eigenvalue weighted by Gasteiger charge is 2.20. The minimum atomic E-state index is -0.0534. The van der Waals surface area contributed by atoms with Crippen molar-refractivity contribution < 1.29 is 4.74 Å². The van der Waals surface area contributed by atoms with Crippen molar-refractivity contribution in [3.8, 4) is 0 Å². The lowest BCUT2D eigenvalue weighted by atomic mass is 10.0. The summed E-state index contributed by atoms with van der Waals surface area (Å²) in [6.07, 6.45) is 1.64. The first-order valence-electron chi connectivity index (χ1n) is 5.47. The van der Waals surface area contributed by atoms with Gasteiger partial charge in [-0.1, -0.05) is 18.5 Å². The summed E-state index contributed by atoms with van der Waals surface area (Å²) in [5.74, 6) is 0. The smallest absolute Gasteiger partial charge is 0.0847 e. The molecule has 0 amide bonds. The van der Waals surface area contributed by atoms with E-state index in [1.54, 1.807) is 11.8 Å². The standard InChI is InChI=1S/C11H20ClN3O/c1-5-10(16-4)8(13)6-9-11(12)7(2)14-15(9)3/h8,10H,5-6,13H2,1-4H3. The van der Waals surface area contributed by atoms with Gasteiger partial charge in [-0.25, -0.2) is 0 Å². The Morgan fingerprint density at radius 2 is 2.19 bits per heavy atom. The molecule has 5 heteroatoms. The topological polar surface area (TPSA) is 53.1 Å². The minimum absolute atomic E-state index is 0.0534. The molecule has 2 unspecified atom stereocenters. The van der Waals surface area contributed by atoms with Gasteiger partial charge in [-0.05, 0) is 13.3 Å². The third-order valence-corrected chi connectivity index (χ3v) is 3.36. The molecule has 0 saturated carbocycles. The summed E-state index contributed by atoms with van der Waals surface area (Å²) in [4.78, 5) is 0. The molecule has 0 aliphatic rings. The average Bonchev–Trinajstić information content (AvgIpc) is 2.47. The third kappa shape index (κ3) is 2.75. The Kier molecular flexibility index (Phi) is 4.77. The van der Waals surface area contributed by atoms with Gasteiger partial charge in [0.25, 0.3) is 0 Å². The molecule has 0 saturated heterocycles. The van der Waals surface area contributed by atoms with Crippen LogP contribution in [0.4, 0.5) is 0 Å². The number of hydrogen-bond donors (Lipinski definition) is 1. The molecule has 1 heterocycles. The fraction of sp³-hybridized carbons (Fsp3) is 0.727. The molecular weight excluding hydrogens is 226 g/mol. The number of nitrogens with zero attached hydrogens (tertiary/aromatic N) is 2. The molecule has 16 heavy (non-hydrogen) atoms. The van der Waals surface area contributed by atoms with E-state index in [1.807, 2.05) is 14.0 Å². The van der Waals surface area contributed by atoms with Crippen molar-refractivity contribution >= 4 is 11.6 Å². The summed E-state index contributed by atoms with van der Waals surface area (Å²) in [6, 6.07) is -0.0534. The zero-order chi connectivity index (χ0) is 12.3. The molecule has 2 atom stereocenters. The van der Waals surface area contributed by atoms with Crippen LogP contribution in [0.15, 0.2) is 0 Å². The van der Waals surface area contributed by atoms with Gasteiger partial charge < -0.3 is 10.5 Å². The van der Waals surface area contributed by atoms with Gasteiger partial charge in [-0.15, -0.1) is 0 Å². The zero-order valence-electron chi connectivity index (χ0n) is 10.3. The van der Waals surface area contributed by atoms with Gasteiger partial charge in [-0.2, -0.15) is 5.10 Å². The Bertz CT molecular complexity index is 347. The highest BCUT2D eigenvalue weighted by molar-refractivity contribution is 6.31. The van der Waals surface area contributed by atoms with Crippen molar-refractivity contribution in [3.05, 3.63) is 16.4 Å². The van der Waals surface area contributed by atoms with Crippen molar-refractivity contribution in [1.82, 2.24) is 9.78 Å². The van der Waals surface area contributed by atoms with E-state index in [4.69, 9.17) is 22.1 Å². The number of aryl methyl sites for hydroxylation is 2. The van der Waals surface area contributed by atoms with Crippen LogP contribution in [0, 0.1) is 6.92 Å². The van der Waals surface area contributed by atoms with Crippen molar-refractivity contribution in [3.63, 3.8) is 0 Å². The molecule has 0 radical (unpaired) electrons. The average molecular weight is 246 g/mol. The van der Waals surface area contributed by atoms with E-state index in [2.05, 4.69) is 12.0 Å². The predicted molar refractivity (Wildman–Crippen MR) is 65.7 cm³/mol. The quantitative estimate of drug-likeness (QED) is 0.859. The van der Waals surface area contributed by atoms with Crippen molar-refractivity contribution in [2.24, 2.45) is 12.8 Å². The number of methoxy groups -OCH3 is 1. The fourth-order valence-electron chi connectivity index (χ4n) is 1.90. The Morgan fingerprint density at radius 3 is 2.56 bits per heavy atom. The molecule has 92 valence electrons. The second-order valence-electron chi connectivity index (χ2n) is 4.02. The summed E-state index contributed by atoms with van der Waals surface area (Å²) in [5, 5.41) is 4.97. The van der Waals surface area contributed by atoms with Crippen LogP contribution in [0.25, 0.3) is 0 Å². The second kappa shape index (κ2) is 5.66. The number of halogens is 1. The molecule has 1 aromatic heterocycles. The summed E-state index contributed by atoms with van der Waals surface area (Å²) < 4.78 is 7.11. The number of hydrogen-bond acceptors (Lipinski definition) is 3. The highest BCUT2D eigenvalue weighted by Crippen LogP contribution is 2.21. The van der Waals surface area contributed by atoms with Gasteiger partial charge in [0.05, 0.1) is 22.5 Å². The first kappa shape index (κ1) is 13.5. The molecule has 2 N–H and O–H groups in total. The van der Waals surface area contributed by atoms with Gasteiger partial charge in [0, 0.05) is 26.6 Å². The lowest BCUT2D eigenvalue weighted by molar-refractivity contribution is 0.0768. The maximum atomic E-state index is 6.17. The summed E-state index contributed by atoms with van der Waals surface area (Å²) in [5.41, 5.74) is 7.91. The van der Waals surface area contributed by atoms with E-state index in [0.717, 1.165) is 17.8 Å². The number of rotatable bonds is 5. The molecule has 0 bridgehead atoms. The maximum absolute atomic E-state index is 6.17. The van der Waals surface area contributed by atoms with Gasteiger partial charge in [-0.3, -0.25) is 4.68 Å². The Morgan fingerprint density at radius 1 is 1.56 bits per heavy atom. The van der Waals surface area contributed by atoms with Gasteiger partial charge in [0.2, 0.25) is 0 Å². The van der Waals surface area contributed by atoms with E-state index in [0.29, 0.717) is 11.4 Å². The number of ether oxygens (including phenoxy) is 1. The molecule has 4 nitrogen and oxygen atoms in total. The van der Waals surface area contributed by atoms with E-state index in [1.165, 1.54) is 0 Å². The Balaban J connectivity index is 2.80. The van der Waals surface area contributed by atoms with E-state index in [9.17, 15) is 0 Å². The van der Waals surface area contributed by atoms with Crippen LogP contribution in [0.1, 0.15) is 24.7 Å². The zero-order valence-corrected chi connectivity index (χ0v) is 11.1. The van der Waals surface area contributed by atoms with Crippen LogP contribution in [0.3, 0.4) is 0 Å².